The summed E-state index contributed by atoms with van der Waals surface area (Å²) >= 11 is 14.1. The van der Waals surface area contributed by atoms with Gasteiger partial charge in [-0.25, -0.2) is 0 Å². The van der Waals surface area contributed by atoms with Gasteiger partial charge >= 0.3 is 0 Å². The lowest BCUT2D eigenvalue weighted by Crippen LogP contribution is -2.48. The van der Waals surface area contributed by atoms with Crippen LogP contribution >= 0.6 is 35.0 Å². The van der Waals surface area contributed by atoms with Crippen LogP contribution in [0.3, 0.4) is 0 Å². The molecule has 0 aliphatic carbocycles. The molecule has 0 saturated carbocycles. The molecule has 1 aromatic carbocycles. The van der Waals surface area contributed by atoms with Gasteiger partial charge in [0.15, 0.2) is 0 Å². The van der Waals surface area contributed by atoms with E-state index in [-0.39, 0.29) is 11.9 Å². The maximum absolute atomic E-state index is 12.9. The Bertz CT molecular complexity index is 825. The molecule has 0 N–H and O–H groups in total. The summed E-state index contributed by atoms with van der Waals surface area (Å²) in [6, 6.07) is 5.05. The van der Waals surface area contributed by atoms with Gasteiger partial charge in [0.1, 0.15) is 0 Å². The average Bonchev–Trinajstić information content (AvgIpc) is 3.32. The molecule has 144 valence electrons. The first-order chi connectivity index (χ1) is 13.1. The van der Waals surface area contributed by atoms with Crippen molar-refractivity contribution in [3.05, 3.63) is 34.1 Å². The summed E-state index contributed by atoms with van der Waals surface area (Å²) in [5.74, 6) is 3.13. The third kappa shape index (κ3) is 4.26. The molecule has 2 fully saturated rings. The number of likely N-dealkylation sites (tertiary alicyclic amines) is 1. The highest BCUT2D eigenvalue weighted by atomic mass is 35.5. The minimum Gasteiger partial charge on any atom is -0.419 e. The van der Waals surface area contributed by atoms with Gasteiger partial charge in [0, 0.05) is 29.6 Å². The highest BCUT2D eigenvalue weighted by molar-refractivity contribution is 7.99. The van der Waals surface area contributed by atoms with Gasteiger partial charge in [-0.1, -0.05) is 23.2 Å². The van der Waals surface area contributed by atoms with E-state index in [0.717, 1.165) is 44.0 Å². The second kappa shape index (κ2) is 8.39. The third-order valence-corrected chi connectivity index (χ3v) is 6.43. The normalized spacial score (nSPS) is 21.0. The van der Waals surface area contributed by atoms with E-state index >= 15 is 0 Å². The number of benzene rings is 1. The molecule has 2 aromatic rings. The molecule has 2 aliphatic rings. The number of hydrogen-bond acceptors (Lipinski definition) is 6. The van der Waals surface area contributed by atoms with Gasteiger partial charge in [-0.3, -0.25) is 9.69 Å². The Morgan fingerprint density at radius 2 is 2.04 bits per heavy atom. The molecule has 9 heteroatoms. The molecule has 1 atom stereocenters. The van der Waals surface area contributed by atoms with E-state index in [1.165, 1.54) is 0 Å². The number of aromatic nitrogens is 2. The van der Waals surface area contributed by atoms with Crippen molar-refractivity contribution < 1.29 is 9.21 Å². The smallest absolute Gasteiger partial charge is 0.249 e. The molecule has 3 heterocycles. The number of hydrogen-bond donors (Lipinski definition) is 0. The van der Waals surface area contributed by atoms with Crippen molar-refractivity contribution >= 4 is 40.9 Å². The first-order valence-electron chi connectivity index (χ1n) is 9.00. The van der Waals surface area contributed by atoms with E-state index in [4.69, 9.17) is 27.6 Å². The lowest BCUT2D eigenvalue weighted by atomic mass is 10.2. The van der Waals surface area contributed by atoms with Gasteiger partial charge in [0.05, 0.1) is 23.2 Å². The lowest BCUT2D eigenvalue weighted by molar-refractivity contribution is -0.135. The summed E-state index contributed by atoms with van der Waals surface area (Å²) in [7, 11) is 0. The first kappa shape index (κ1) is 19.1. The molecule has 4 rings (SSSR count). The van der Waals surface area contributed by atoms with Crippen molar-refractivity contribution in [2.24, 2.45) is 0 Å². The fraction of sp³-hybridized carbons (Fsp3) is 0.500. The molecule has 0 spiro atoms. The van der Waals surface area contributed by atoms with Gasteiger partial charge < -0.3 is 9.32 Å². The molecule has 1 aromatic heterocycles. The fourth-order valence-electron chi connectivity index (χ4n) is 3.55. The minimum absolute atomic E-state index is 0.0948. The number of amides is 1. The summed E-state index contributed by atoms with van der Waals surface area (Å²) in [5, 5.41) is 9.28. The average molecular weight is 427 g/mol. The van der Waals surface area contributed by atoms with E-state index in [9.17, 15) is 4.79 Å². The Morgan fingerprint density at radius 3 is 2.81 bits per heavy atom. The number of carbonyl (C=O) groups is 1. The van der Waals surface area contributed by atoms with Gasteiger partial charge in [0.25, 0.3) is 0 Å². The van der Waals surface area contributed by atoms with Crippen molar-refractivity contribution in [1.82, 2.24) is 20.0 Å². The largest absolute Gasteiger partial charge is 0.419 e. The summed E-state index contributed by atoms with van der Waals surface area (Å²) < 4.78 is 5.81. The molecule has 1 amide bonds. The Morgan fingerprint density at radius 1 is 1.22 bits per heavy atom. The van der Waals surface area contributed by atoms with Crippen LogP contribution in [0.15, 0.2) is 22.6 Å². The van der Waals surface area contributed by atoms with Gasteiger partial charge in [-0.05, 0) is 37.6 Å². The lowest BCUT2D eigenvalue weighted by Gasteiger charge is -2.31. The van der Waals surface area contributed by atoms with E-state index in [2.05, 4.69) is 15.1 Å². The summed E-state index contributed by atoms with van der Waals surface area (Å²) in [6.45, 7) is 3.01. The van der Waals surface area contributed by atoms with Crippen LogP contribution in [0.25, 0.3) is 11.5 Å². The number of rotatable bonds is 4. The number of halogens is 2. The maximum Gasteiger partial charge on any atom is 0.249 e. The Balaban J connectivity index is 1.45. The summed E-state index contributed by atoms with van der Waals surface area (Å²) in [5.41, 5.74) is 0.652. The van der Waals surface area contributed by atoms with Crippen molar-refractivity contribution in [2.45, 2.75) is 25.4 Å². The predicted molar refractivity (Wildman–Crippen MR) is 107 cm³/mol. The van der Waals surface area contributed by atoms with Crippen LogP contribution in [0.4, 0.5) is 0 Å². The zero-order valence-electron chi connectivity index (χ0n) is 14.7. The third-order valence-electron chi connectivity index (χ3n) is 4.94. The van der Waals surface area contributed by atoms with Crippen molar-refractivity contribution in [2.75, 3.05) is 31.1 Å². The van der Waals surface area contributed by atoms with Crippen molar-refractivity contribution in [3.8, 4) is 11.5 Å². The van der Waals surface area contributed by atoms with Crippen LogP contribution in [0, 0.1) is 0 Å². The van der Waals surface area contributed by atoms with Gasteiger partial charge in [-0.15, -0.1) is 10.2 Å². The molecular formula is C18H20Cl2N4O2S. The van der Waals surface area contributed by atoms with Crippen LogP contribution in [0.1, 0.15) is 18.7 Å². The number of thioether (sulfide) groups is 1. The maximum atomic E-state index is 12.9. The minimum atomic E-state index is -0.0948. The molecule has 6 nitrogen and oxygen atoms in total. The topological polar surface area (TPSA) is 62.5 Å². The SMILES string of the molecule is O=C(C1CCCN1Cc1nnc(-c2ccc(Cl)cc2Cl)o1)N1CCSCC1. The Hall–Kier alpha value is -1.28. The number of nitrogens with zero attached hydrogens (tertiary/aromatic N) is 4. The van der Waals surface area contributed by atoms with Crippen molar-refractivity contribution in [1.29, 1.82) is 0 Å². The Kier molecular flexibility index (Phi) is 5.92. The van der Waals surface area contributed by atoms with Gasteiger partial charge in [0.2, 0.25) is 17.7 Å². The zero-order chi connectivity index (χ0) is 18.8. The summed E-state index contributed by atoms with van der Waals surface area (Å²) in [4.78, 5) is 17.0. The first-order valence-corrected chi connectivity index (χ1v) is 10.9. The number of carbonyl (C=O) groups excluding carboxylic acids is 1. The molecule has 0 radical (unpaired) electrons. The van der Waals surface area contributed by atoms with Crippen LogP contribution in [-0.2, 0) is 11.3 Å². The quantitative estimate of drug-likeness (QED) is 0.744. The van der Waals surface area contributed by atoms with E-state index in [0.29, 0.717) is 33.9 Å². The molecule has 1 unspecified atom stereocenters. The highest BCUT2D eigenvalue weighted by Gasteiger charge is 2.35. The molecular weight excluding hydrogens is 407 g/mol. The molecule has 2 aliphatic heterocycles. The highest BCUT2D eigenvalue weighted by Crippen LogP contribution is 2.30. The van der Waals surface area contributed by atoms with Gasteiger partial charge in [-0.2, -0.15) is 11.8 Å². The molecule has 27 heavy (non-hydrogen) atoms. The van der Waals surface area contributed by atoms with Crippen molar-refractivity contribution in [3.63, 3.8) is 0 Å². The van der Waals surface area contributed by atoms with Crippen LogP contribution in [-0.4, -0.2) is 63.1 Å². The standard InChI is InChI=1S/C18H20Cl2N4O2S/c19-12-3-4-13(14(20)10-12)17-22-21-16(26-17)11-24-5-1-2-15(24)18(25)23-6-8-27-9-7-23/h3-4,10,15H,1-2,5-9,11H2. The second-order valence-electron chi connectivity index (χ2n) is 6.69. The molecule has 0 bridgehead atoms. The second-order valence-corrected chi connectivity index (χ2v) is 8.76. The molecule has 2 saturated heterocycles. The predicted octanol–water partition coefficient (Wildman–Crippen LogP) is 3.58. The van der Waals surface area contributed by atoms with Crippen LogP contribution < -0.4 is 0 Å². The fourth-order valence-corrected chi connectivity index (χ4v) is 4.94. The van der Waals surface area contributed by atoms with E-state index < -0.39 is 0 Å². The summed E-state index contributed by atoms with van der Waals surface area (Å²) in [6.07, 6.45) is 1.88. The van der Waals surface area contributed by atoms with E-state index in [1.807, 2.05) is 16.7 Å². The van der Waals surface area contributed by atoms with Crippen LogP contribution in [0.5, 0.6) is 0 Å². The monoisotopic (exact) mass is 426 g/mol. The van der Waals surface area contributed by atoms with Crippen LogP contribution in [0.2, 0.25) is 10.0 Å². The van der Waals surface area contributed by atoms with E-state index in [1.54, 1.807) is 18.2 Å². The zero-order valence-corrected chi connectivity index (χ0v) is 17.1. The Labute approximate surface area is 172 Å².